The number of hydrogen-bond acceptors (Lipinski definition) is 0. The molecule has 160 valence electrons. The van der Waals surface area contributed by atoms with Crippen LogP contribution in [-0.4, -0.2) is 0 Å². The highest BCUT2D eigenvalue weighted by Crippen LogP contribution is 2.42. The lowest BCUT2D eigenvalue weighted by atomic mass is 9.68. The van der Waals surface area contributed by atoms with E-state index in [1.807, 2.05) is 0 Å². The highest BCUT2D eigenvalue weighted by molar-refractivity contribution is 4.92. The average molecular weight is 385 g/mol. The largest absolute Gasteiger partial charge is 0.103 e. The van der Waals surface area contributed by atoms with Crippen LogP contribution >= 0.6 is 0 Å². The van der Waals surface area contributed by atoms with E-state index < -0.39 is 0 Å². The minimum Gasteiger partial charge on any atom is -0.103 e. The molecule has 0 aromatic carbocycles. The Balaban J connectivity index is 1.25. The SMILES string of the molecule is C=CCC[C@H]1CC[C@H](C=CCC[C@H]2CC[C@H]([C@H]3CC[C@H](CC)CC3)CC2)CC1. The van der Waals surface area contributed by atoms with Crippen LogP contribution < -0.4 is 0 Å². The van der Waals surface area contributed by atoms with Gasteiger partial charge in [-0.3, -0.25) is 0 Å². The summed E-state index contributed by atoms with van der Waals surface area (Å²) in [7, 11) is 0. The highest BCUT2D eigenvalue weighted by atomic mass is 14.4. The van der Waals surface area contributed by atoms with Crippen LogP contribution in [0.4, 0.5) is 0 Å². The van der Waals surface area contributed by atoms with E-state index in [1.165, 1.54) is 83.5 Å². The smallest absolute Gasteiger partial charge is 0.0233 e. The van der Waals surface area contributed by atoms with Crippen molar-refractivity contribution in [1.29, 1.82) is 0 Å². The summed E-state index contributed by atoms with van der Waals surface area (Å²) in [6, 6.07) is 0. The Morgan fingerprint density at radius 2 is 1.14 bits per heavy atom. The van der Waals surface area contributed by atoms with Gasteiger partial charge < -0.3 is 0 Å². The Kier molecular flexibility index (Phi) is 9.69. The van der Waals surface area contributed by atoms with Gasteiger partial charge in [-0.05, 0) is 113 Å². The molecule has 0 bridgehead atoms. The lowest BCUT2D eigenvalue weighted by Gasteiger charge is -2.37. The van der Waals surface area contributed by atoms with Gasteiger partial charge >= 0.3 is 0 Å². The predicted octanol–water partition coefficient (Wildman–Crippen LogP) is 9.12. The Morgan fingerprint density at radius 3 is 1.68 bits per heavy atom. The Hall–Kier alpha value is -0.520. The highest BCUT2D eigenvalue weighted by Gasteiger charge is 2.30. The normalized spacial score (nSPS) is 37.2. The Bertz CT molecular complexity index is 437. The second kappa shape index (κ2) is 12.2. The monoisotopic (exact) mass is 384 g/mol. The van der Waals surface area contributed by atoms with Crippen molar-refractivity contribution in [3.8, 4) is 0 Å². The average Bonchev–Trinajstić information content (AvgIpc) is 2.76. The van der Waals surface area contributed by atoms with Crippen LogP contribution in [0.3, 0.4) is 0 Å². The van der Waals surface area contributed by atoms with Crippen molar-refractivity contribution in [3.63, 3.8) is 0 Å². The zero-order valence-electron chi connectivity index (χ0n) is 18.9. The van der Waals surface area contributed by atoms with Crippen LogP contribution in [0.5, 0.6) is 0 Å². The van der Waals surface area contributed by atoms with Gasteiger partial charge in [0.1, 0.15) is 0 Å². The predicted molar refractivity (Wildman–Crippen MR) is 124 cm³/mol. The third kappa shape index (κ3) is 7.07. The van der Waals surface area contributed by atoms with E-state index in [1.54, 1.807) is 25.7 Å². The topological polar surface area (TPSA) is 0 Å². The van der Waals surface area contributed by atoms with Crippen molar-refractivity contribution < 1.29 is 0 Å². The van der Waals surface area contributed by atoms with Gasteiger partial charge in [0.15, 0.2) is 0 Å². The maximum Gasteiger partial charge on any atom is -0.0233 e. The lowest BCUT2D eigenvalue weighted by molar-refractivity contribution is 0.143. The van der Waals surface area contributed by atoms with E-state index in [9.17, 15) is 0 Å². The van der Waals surface area contributed by atoms with Gasteiger partial charge in [0, 0.05) is 0 Å². The summed E-state index contributed by atoms with van der Waals surface area (Å²) >= 11 is 0. The molecule has 0 saturated heterocycles. The van der Waals surface area contributed by atoms with Crippen molar-refractivity contribution in [2.24, 2.45) is 35.5 Å². The maximum atomic E-state index is 3.87. The van der Waals surface area contributed by atoms with Crippen LogP contribution in [0.15, 0.2) is 24.8 Å². The summed E-state index contributed by atoms with van der Waals surface area (Å²) in [6.45, 7) is 6.26. The summed E-state index contributed by atoms with van der Waals surface area (Å²) in [5, 5.41) is 0. The van der Waals surface area contributed by atoms with Crippen LogP contribution in [-0.2, 0) is 0 Å². The summed E-state index contributed by atoms with van der Waals surface area (Å²) < 4.78 is 0. The Labute approximate surface area is 176 Å². The quantitative estimate of drug-likeness (QED) is 0.348. The molecule has 3 aliphatic rings. The van der Waals surface area contributed by atoms with Crippen LogP contribution in [0.1, 0.15) is 116 Å². The van der Waals surface area contributed by atoms with E-state index in [4.69, 9.17) is 0 Å². The molecule has 0 spiro atoms. The summed E-state index contributed by atoms with van der Waals surface area (Å²) in [6.07, 6.45) is 32.1. The fraction of sp³-hybridized carbons (Fsp3) is 0.857. The molecule has 0 nitrogen and oxygen atoms in total. The lowest BCUT2D eigenvalue weighted by Crippen LogP contribution is -2.25. The fourth-order valence-corrected chi connectivity index (χ4v) is 6.66. The van der Waals surface area contributed by atoms with E-state index in [-0.39, 0.29) is 0 Å². The molecule has 0 atom stereocenters. The molecular formula is C28H48. The molecule has 3 aliphatic carbocycles. The van der Waals surface area contributed by atoms with Crippen molar-refractivity contribution in [1.82, 2.24) is 0 Å². The van der Waals surface area contributed by atoms with Gasteiger partial charge in [0.2, 0.25) is 0 Å². The molecule has 3 fully saturated rings. The summed E-state index contributed by atoms with van der Waals surface area (Å²) in [5.74, 6) is 6.12. The fourth-order valence-electron chi connectivity index (χ4n) is 6.66. The van der Waals surface area contributed by atoms with Gasteiger partial charge in [-0.25, -0.2) is 0 Å². The van der Waals surface area contributed by atoms with E-state index in [0.717, 1.165) is 35.5 Å². The van der Waals surface area contributed by atoms with Gasteiger partial charge in [0.05, 0.1) is 0 Å². The minimum atomic E-state index is 0.883. The molecule has 0 N–H and O–H groups in total. The number of rotatable bonds is 9. The molecule has 0 heterocycles. The van der Waals surface area contributed by atoms with Gasteiger partial charge in [-0.15, -0.1) is 6.58 Å². The summed E-state index contributed by atoms with van der Waals surface area (Å²) in [5.41, 5.74) is 0. The first-order chi connectivity index (χ1) is 13.8. The molecular weight excluding hydrogens is 336 g/mol. The number of allylic oxidation sites excluding steroid dienone is 3. The first kappa shape index (κ1) is 22.2. The van der Waals surface area contributed by atoms with Crippen LogP contribution in [0.25, 0.3) is 0 Å². The van der Waals surface area contributed by atoms with Crippen molar-refractivity contribution in [2.75, 3.05) is 0 Å². The van der Waals surface area contributed by atoms with E-state index >= 15 is 0 Å². The van der Waals surface area contributed by atoms with Crippen LogP contribution in [0, 0.1) is 35.5 Å². The zero-order chi connectivity index (χ0) is 19.6. The second-order valence-corrected chi connectivity index (χ2v) is 10.6. The first-order valence-corrected chi connectivity index (χ1v) is 13.1. The molecule has 0 radical (unpaired) electrons. The molecule has 0 amide bonds. The molecule has 0 aromatic rings. The molecule has 0 aromatic heterocycles. The standard InChI is InChI=1S/C28H48/c1-3-5-8-24-11-13-25(14-12-24)9-6-7-10-26-17-21-28(22-18-26)27-19-15-23(4-2)16-20-27/h3,6,9,23-28H,1,4-5,7-8,10-22H2,2H3/t23-,24-,25-,26-,27-,28-. The van der Waals surface area contributed by atoms with Crippen LogP contribution in [0.2, 0.25) is 0 Å². The maximum absolute atomic E-state index is 3.87. The van der Waals surface area contributed by atoms with Crippen molar-refractivity contribution in [2.45, 2.75) is 116 Å². The van der Waals surface area contributed by atoms with Gasteiger partial charge in [-0.1, -0.05) is 57.3 Å². The van der Waals surface area contributed by atoms with Gasteiger partial charge in [0.25, 0.3) is 0 Å². The zero-order valence-corrected chi connectivity index (χ0v) is 18.9. The number of hydrogen-bond donors (Lipinski definition) is 0. The van der Waals surface area contributed by atoms with Crippen molar-refractivity contribution in [3.05, 3.63) is 24.8 Å². The molecule has 3 rings (SSSR count). The molecule has 28 heavy (non-hydrogen) atoms. The Morgan fingerprint density at radius 1 is 0.643 bits per heavy atom. The first-order valence-electron chi connectivity index (χ1n) is 13.1. The molecule has 0 unspecified atom stereocenters. The molecule has 3 saturated carbocycles. The minimum absolute atomic E-state index is 0.883. The van der Waals surface area contributed by atoms with Gasteiger partial charge in [-0.2, -0.15) is 0 Å². The summed E-state index contributed by atoms with van der Waals surface area (Å²) in [4.78, 5) is 0. The van der Waals surface area contributed by atoms with E-state index in [2.05, 4.69) is 31.7 Å². The third-order valence-electron chi connectivity index (χ3n) is 8.85. The molecule has 0 aliphatic heterocycles. The molecule has 0 heteroatoms. The third-order valence-corrected chi connectivity index (χ3v) is 8.85. The second-order valence-electron chi connectivity index (χ2n) is 10.6. The van der Waals surface area contributed by atoms with E-state index in [0.29, 0.717) is 0 Å². The van der Waals surface area contributed by atoms with Crippen molar-refractivity contribution >= 4 is 0 Å².